The van der Waals surface area contributed by atoms with Crippen molar-refractivity contribution in [2.45, 2.75) is 30.7 Å². The Kier molecular flexibility index (Phi) is 6.55. The Morgan fingerprint density at radius 2 is 1.69 bits per heavy atom. The zero-order valence-electron chi connectivity index (χ0n) is 21.6. The van der Waals surface area contributed by atoms with Gasteiger partial charge in [0.15, 0.2) is 6.61 Å². The van der Waals surface area contributed by atoms with Gasteiger partial charge in [0.1, 0.15) is 16.9 Å². The quantitative estimate of drug-likeness (QED) is 0.468. The van der Waals surface area contributed by atoms with Crippen LogP contribution in [0.25, 0.3) is 0 Å². The lowest BCUT2D eigenvalue weighted by Gasteiger charge is -2.41. The van der Waals surface area contributed by atoms with Crippen LogP contribution in [0.1, 0.15) is 29.8 Å². The van der Waals surface area contributed by atoms with Crippen molar-refractivity contribution in [1.82, 2.24) is 0 Å². The smallest absolute Gasteiger partial charge is 0.342 e. The van der Waals surface area contributed by atoms with Crippen molar-refractivity contribution in [3.63, 3.8) is 0 Å². The summed E-state index contributed by atoms with van der Waals surface area (Å²) in [5.41, 5.74) is 1.06. The summed E-state index contributed by atoms with van der Waals surface area (Å²) in [6, 6.07) is 18.0. The molecule has 1 N–H and O–H groups in total. The molecule has 0 aliphatic carbocycles. The van der Waals surface area contributed by atoms with Crippen LogP contribution in [0.15, 0.2) is 71.6 Å². The van der Waals surface area contributed by atoms with Crippen LogP contribution in [0, 0.1) is 0 Å². The normalized spacial score (nSPS) is 15.7. The number of esters is 1. The van der Waals surface area contributed by atoms with Crippen LogP contribution in [0.3, 0.4) is 0 Å². The molecular weight excluding hydrogens is 522 g/mol. The van der Waals surface area contributed by atoms with Crippen LogP contribution < -0.4 is 19.3 Å². The number of benzene rings is 3. The summed E-state index contributed by atoms with van der Waals surface area (Å²) >= 11 is 0. The molecule has 0 saturated heterocycles. The van der Waals surface area contributed by atoms with Crippen LogP contribution in [0.2, 0.25) is 0 Å². The number of nitrogens with one attached hydrogen (secondary N) is 1. The molecule has 3 aromatic rings. The molecule has 39 heavy (non-hydrogen) atoms. The van der Waals surface area contributed by atoms with Gasteiger partial charge in [0.2, 0.25) is 5.91 Å². The molecule has 0 saturated carbocycles. The maximum absolute atomic E-state index is 13.5. The Hall–Kier alpha value is -4.38. The van der Waals surface area contributed by atoms with E-state index in [1.807, 2.05) is 12.1 Å². The monoisotopic (exact) mass is 549 g/mol. The number of carbonyl (C=O) groups is 3. The highest BCUT2D eigenvalue weighted by Crippen LogP contribution is 2.37. The fourth-order valence-electron chi connectivity index (χ4n) is 4.86. The van der Waals surface area contributed by atoms with Gasteiger partial charge in [0, 0.05) is 6.54 Å². The van der Waals surface area contributed by atoms with Crippen molar-refractivity contribution in [2.75, 3.05) is 34.8 Å². The highest BCUT2D eigenvalue weighted by Gasteiger charge is 2.43. The molecule has 0 bridgehead atoms. The van der Waals surface area contributed by atoms with Gasteiger partial charge in [0.05, 0.1) is 29.1 Å². The average molecular weight is 550 g/mol. The number of fused-ring (bicyclic) bond motifs is 2. The first kappa shape index (κ1) is 26.2. The maximum Gasteiger partial charge on any atom is 0.342 e. The molecule has 202 valence electrons. The lowest BCUT2D eigenvalue weighted by molar-refractivity contribution is -0.128. The third-order valence-electron chi connectivity index (χ3n) is 6.91. The van der Waals surface area contributed by atoms with E-state index in [2.05, 4.69) is 5.32 Å². The molecule has 2 amide bonds. The van der Waals surface area contributed by atoms with Crippen molar-refractivity contribution in [3.8, 4) is 5.75 Å². The zero-order valence-corrected chi connectivity index (χ0v) is 22.4. The molecule has 0 radical (unpaired) electrons. The minimum absolute atomic E-state index is 0.0937. The first-order chi connectivity index (χ1) is 18.6. The molecule has 2 aliphatic rings. The van der Waals surface area contributed by atoms with Crippen LogP contribution in [0.4, 0.5) is 17.1 Å². The van der Waals surface area contributed by atoms with Crippen LogP contribution in [0.5, 0.6) is 5.75 Å². The molecule has 2 aliphatic heterocycles. The molecule has 0 fully saturated rings. The van der Waals surface area contributed by atoms with E-state index < -0.39 is 34.0 Å². The SMILES string of the molecule is COc1ccc(S(=O)(=O)N2CCc3ccccc32)cc1C(=O)OCC(=O)N1c2ccccc2NC(=O)C1(C)C. The number of rotatable bonds is 6. The molecule has 10 nitrogen and oxygen atoms in total. The van der Waals surface area contributed by atoms with E-state index in [4.69, 9.17) is 9.47 Å². The van der Waals surface area contributed by atoms with Gasteiger partial charge < -0.3 is 14.8 Å². The van der Waals surface area contributed by atoms with Gasteiger partial charge in [-0.25, -0.2) is 13.2 Å². The van der Waals surface area contributed by atoms with Crippen LogP contribution in [-0.2, 0) is 30.8 Å². The van der Waals surface area contributed by atoms with Gasteiger partial charge in [-0.3, -0.25) is 18.8 Å². The van der Waals surface area contributed by atoms with E-state index in [-0.39, 0.29) is 28.7 Å². The maximum atomic E-state index is 13.5. The largest absolute Gasteiger partial charge is 0.496 e. The second kappa shape index (κ2) is 9.73. The van der Waals surface area contributed by atoms with Gasteiger partial charge in [0.25, 0.3) is 15.9 Å². The number of nitrogens with zero attached hydrogens (tertiary/aromatic N) is 2. The number of amides is 2. The van der Waals surface area contributed by atoms with Gasteiger partial charge in [-0.1, -0.05) is 30.3 Å². The van der Waals surface area contributed by atoms with E-state index >= 15 is 0 Å². The van der Waals surface area contributed by atoms with Crippen molar-refractivity contribution < 1.29 is 32.3 Å². The molecule has 5 rings (SSSR count). The summed E-state index contributed by atoms with van der Waals surface area (Å²) in [6.07, 6.45) is 0.580. The molecule has 2 heterocycles. The first-order valence-electron chi connectivity index (χ1n) is 12.2. The number of ether oxygens (including phenoxy) is 2. The predicted octanol–water partition coefficient (Wildman–Crippen LogP) is 3.37. The van der Waals surface area contributed by atoms with Gasteiger partial charge in [-0.05, 0) is 62.2 Å². The topological polar surface area (TPSA) is 122 Å². The number of hydrogen-bond donors (Lipinski definition) is 1. The summed E-state index contributed by atoms with van der Waals surface area (Å²) in [5.74, 6) is -1.85. The summed E-state index contributed by atoms with van der Waals surface area (Å²) in [4.78, 5) is 40.2. The first-order valence-corrected chi connectivity index (χ1v) is 13.7. The number of methoxy groups -OCH3 is 1. The molecule has 3 aromatic carbocycles. The molecule has 0 aromatic heterocycles. The minimum Gasteiger partial charge on any atom is -0.496 e. The Morgan fingerprint density at radius 3 is 2.44 bits per heavy atom. The number of hydrogen-bond acceptors (Lipinski definition) is 7. The highest BCUT2D eigenvalue weighted by molar-refractivity contribution is 7.92. The van der Waals surface area contributed by atoms with Crippen LogP contribution >= 0.6 is 0 Å². The lowest BCUT2D eigenvalue weighted by Crippen LogP contribution is -2.59. The number of anilines is 3. The molecule has 0 atom stereocenters. The lowest BCUT2D eigenvalue weighted by atomic mass is 9.96. The predicted molar refractivity (Wildman–Crippen MR) is 145 cm³/mol. The Labute approximate surface area is 226 Å². The standard InChI is InChI=1S/C28H27N3O7S/c1-28(2)27(34)29-21-9-5-7-11-23(21)31(28)25(32)17-38-26(33)20-16-19(12-13-24(20)37-3)39(35,36)30-15-14-18-8-4-6-10-22(18)30/h4-13,16H,14-15,17H2,1-3H3,(H,29,34). The van der Waals surface area contributed by atoms with E-state index in [1.54, 1.807) is 50.2 Å². The Morgan fingerprint density at radius 1 is 1.00 bits per heavy atom. The van der Waals surface area contributed by atoms with Gasteiger partial charge >= 0.3 is 5.97 Å². The van der Waals surface area contributed by atoms with Crippen molar-refractivity contribution >= 4 is 44.9 Å². The average Bonchev–Trinajstić information content (AvgIpc) is 3.37. The number of para-hydroxylation sites is 3. The molecule has 0 spiro atoms. The number of carbonyl (C=O) groups excluding carboxylic acids is 3. The zero-order chi connectivity index (χ0) is 27.9. The fraction of sp³-hybridized carbons (Fsp3) is 0.250. The Balaban J connectivity index is 1.39. The second-order valence-corrected chi connectivity index (χ2v) is 11.5. The van der Waals surface area contributed by atoms with Crippen LogP contribution in [-0.4, -0.2) is 52.0 Å². The second-order valence-electron chi connectivity index (χ2n) is 9.65. The molecular formula is C28H27N3O7S. The Bertz CT molecular complexity index is 1600. The van der Waals surface area contributed by atoms with E-state index in [9.17, 15) is 22.8 Å². The third kappa shape index (κ3) is 4.48. The summed E-state index contributed by atoms with van der Waals surface area (Å²) in [6.45, 7) is 2.78. The summed E-state index contributed by atoms with van der Waals surface area (Å²) in [7, 11) is -2.64. The highest BCUT2D eigenvalue weighted by atomic mass is 32.2. The molecule has 11 heteroatoms. The molecule has 0 unspecified atom stereocenters. The third-order valence-corrected chi connectivity index (χ3v) is 8.72. The van der Waals surface area contributed by atoms with E-state index in [0.717, 1.165) is 5.56 Å². The van der Waals surface area contributed by atoms with Crippen molar-refractivity contribution in [1.29, 1.82) is 0 Å². The van der Waals surface area contributed by atoms with E-state index in [0.29, 0.717) is 23.5 Å². The minimum atomic E-state index is -3.99. The summed E-state index contributed by atoms with van der Waals surface area (Å²) < 4.78 is 38.9. The van der Waals surface area contributed by atoms with Gasteiger partial charge in [-0.2, -0.15) is 0 Å². The fourth-order valence-corrected chi connectivity index (χ4v) is 6.39. The van der Waals surface area contributed by atoms with Crippen molar-refractivity contribution in [3.05, 3.63) is 77.9 Å². The summed E-state index contributed by atoms with van der Waals surface area (Å²) in [5, 5.41) is 2.77. The van der Waals surface area contributed by atoms with E-state index in [1.165, 1.54) is 34.5 Å². The van der Waals surface area contributed by atoms with Crippen molar-refractivity contribution in [2.24, 2.45) is 0 Å². The number of sulfonamides is 1. The van der Waals surface area contributed by atoms with Gasteiger partial charge in [-0.15, -0.1) is 0 Å².